The van der Waals surface area contributed by atoms with Crippen LogP contribution in [0.4, 0.5) is 0 Å². The highest BCUT2D eigenvalue weighted by Gasteiger charge is 2.01. The highest BCUT2D eigenvalue weighted by Crippen LogP contribution is 1.90. The van der Waals surface area contributed by atoms with E-state index >= 15 is 0 Å². The number of hydrogen-bond acceptors (Lipinski definition) is 3. The maximum atomic E-state index is 4.94. The van der Waals surface area contributed by atoms with Crippen LogP contribution in [-0.2, 0) is 12.3 Å². The van der Waals surface area contributed by atoms with Crippen LogP contribution in [0.5, 0.6) is 0 Å². The van der Waals surface area contributed by atoms with Crippen LogP contribution < -0.4 is 0 Å². The summed E-state index contributed by atoms with van der Waals surface area (Å²) < 4.78 is 15.9. The van der Waals surface area contributed by atoms with Crippen LogP contribution >= 0.6 is 0 Å². The molecule has 0 aromatic heterocycles. The van der Waals surface area contributed by atoms with Gasteiger partial charge < -0.3 is 16.8 Å². The number of quaternary nitrogens is 1. The Kier molecular flexibility index (Phi) is 8.15. The fourth-order valence-electron chi connectivity index (χ4n) is 0.950. The molecule has 80 valence electrons. The average Bonchev–Trinajstić information content (AvgIpc) is 2.06. The summed E-state index contributed by atoms with van der Waals surface area (Å²) in [4.78, 5) is 0. The van der Waals surface area contributed by atoms with E-state index < -0.39 is 30.0 Å². The topological polar surface area (TPSA) is 27.7 Å². The molecule has 13 heavy (non-hydrogen) atoms. The first-order valence-electron chi connectivity index (χ1n) is 4.60. The molecule has 0 bridgehead atoms. The van der Waals surface area contributed by atoms with Crippen molar-refractivity contribution in [3.63, 3.8) is 0 Å². The van der Waals surface area contributed by atoms with Crippen LogP contribution in [0.25, 0.3) is 0 Å². The van der Waals surface area contributed by atoms with Gasteiger partial charge in [0.05, 0.1) is 27.7 Å². The van der Waals surface area contributed by atoms with Crippen molar-refractivity contribution >= 4 is 30.0 Å². The Morgan fingerprint density at radius 1 is 0.923 bits per heavy atom. The molecule has 1 fully saturated rings. The van der Waals surface area contributed by atoms with Gasteiger partial charge in [-0.3, -0.25) is 0 Å². The number of hydrogen-bond donors (Lipinski definition) is 0. The van der Waals surface area contributed by atoms with Gasteiger partial charge in [0.15, 0.2) is 0 Å². The van der Waals surface area contributed by atoms with E-state index in [1.54, 1.807) is 0 Å². The molecule has 0 aromatic rings. The molecule has 0 unspecified atom stereocenters. The van der Waals surface area contributed by atoms with Crippen LogP contribution in [0, 0.1) is 0 Å². The molecule has 0 radical (unpaired) electrons. The van der Waals surface area contributed by atoms with Crippen molar-refractivity contribution in [3.05, 3.63) is 0 Å². The normalized spacial score (nSPS) is 23.1. The van der Waals surface area contributed by atoms with Crippen LogP contribution in [0.15, 0.2) is 0 Å². The molecular formula is C6H22NO3Si3+. The smallest absolute Gasteiger partial charge is 0.286 e. The zero-order chi connectivity index (χ0) is 10.2. The third-order valence-corrected chi connectivity index (χ3v) is 5.39. The molecule has 1 aliphatic heterocycles. The van der Waals surface area contributed by atoms with Crippen molar-refractivity contribution in [2.75, 3.05) is 27.7 Å². The lowest BCUT2D eigenvalue weighted by Gasteiger charge is -2.22. The summed E-state index contributed by atoms with van der Waals surface area (Å²) in [6, 6.07) is 0. The van der Waals surface area contributed by atoms with Gasteiger partial charge in [0.2, 0.25) is 0 Å². The van der Waals surface area contributed by atoms with Crippen molar-refractivity contribution in [2.24, 2.45) is 0 Å². The second-order valence-corrected chi connectivity index (χ2v) is 9.59. The molecule has 1 heterocycles. The molecular weight excluding hydrogens is 218 g/mol. The molecule has 4 nitrogen and oxygen atoms in total. The van der Waals surface area contributed by atoms with Crippen LogP contribution in [0.2, 0.25) is 0 Å². The fraction of sp³-hybridized carbons (Fsp3) is 1.00. The van der Waals surface area contributed by atoms with E-state index in [2.05, 4.69) is 28.1 Å². The van der Waals surface area contributed by atoms with Gasteiger partial charge in [0.1, 0.15) is 0 Å². The Bertz CT molecular complexity index is 105. The lowest BCUT2D eigenvalue weighted by Crippen LogP contribution is -2.34. The monoisotopic (exact) mass is 240 g/mol. The highest BCUT2D eigenvalue weighted by molar-refractivity contribution is 6.50. The van der Waals surface area contributed by atoms with E-state index in [0.717, 1.165) is 4.48 Å². The Balaban J connectivity index is 0.000000223. The van der Waals surface area contributed by atoms with Crippen LogP contribution in [0.1, 0.15) is 13.3 Å². The van der Waals surface area contributed by atoms with E-state index in [4.69, 9.17) is 12.3 Å². The van der Waals surface area contributed by atoms with Gasteiger partial charge in [-0.15, -0.1) is 0 Å². The molecule has 1 saturated heterocycles. The average molecular weight is 241 g/mol. The highest BCUT2D eigenvalue weighted by atomic mass is 28.4. The number of nitrogens with zero attached hydrogens (tertiary/aromatic N) is 1. The van der Waals surface area contributed by atoms with Gasteiger partial charge in [-0.05, 0) is 6.42 Å². The molecule has 0 spiro atoms. The van der Waals surface area contributed by atoms with E-state index in [0.29, 0.717) is 0 Å². The largest absolute Gasteiger partial charge is 0.425 e. The number of rotatable bonds is 2. The van der Waals surface area contributed by atoms with E-state index in [1.807, 2.05) is 0 Å². The van der Waals surface area contributed by atoms with Gasteiger partial charge in [-0.2, -0.15) is 0 Å². The zero-order valence-corrected chi connectivity index (χ0v) is 13.5. The van der Waals surface area contributed by atoms with Crippen LogP contribution in [-0.4, -0.2) is 62.2 Å². The van der Waals surface area contributed by atoms with Crippen molar-refractivity contribution in [1.29, 1.82) is 0 Å². The molecule has 0 saturated carbocycles. The second kappa shape index (κ2) is 7.85. The van der Waals surface area contributed by atoms with Crippen molar-refractivity contribution < 1.29 is 16.8 Å². The summed E-state index contributed by atoms with van der Waals surface area (Å²) in [5.74, 6) is 0. The van der Waals surface area contributed by atoms with Gasteiger partial charge in [-0.1, -0.05) is 6.92 Å². The molecule has 7 heteroatoms. The molecule has 1 rings (SSSR count). The van der Waals surface area contributed by atoms with Gasteiger partial charge in [-0.25, -0.2) is 0 Å². The summed E-state index contributed by atoms with van der Waals surface area (Å²) in [6.07, 6.45) is 1.28. The van der Waals surface area contributed by atoms with Gasteiger partial charge in [0.25, 0.3) is 30.0 Å². The van der Waals surface area contributed by atoms with Crippen molar-refractivity contribution in [3.8, 4) is 0 Å². The molecule has 0 aromatic carbocycles. The van der Waals surface area contributed by atoms with Gasteiger partial charge in [0, 0.05) is 0 Å². The molecule has 1 aliphatic rings. The first-order chi connectivity index (χ1) is 6.06. The summed E-state index contributed by atoms with van der Waals surface area (Å²) in [5.41, 5.74) is 0. The lowest BCUT2D eigenvalue weighted by atomic mass is 10.4. The third-order valence-electron chi connectivity index (χ3n) is 1.39. The summed E-state index contributed by atoms with van der Waals surface area (Å²) >= 11 is 0. The fourth-order valence-corrected chi connectivity index (χ4v) is 6.36. The molecule has 0 aliphatic carbocycles. The first-order valence-corrected chi connectivity index (χ1v) is 8.06. The standard InChI is InChI=1S/C6H16N.H6O3Si3/c1-5-6-7(2,3)4;1-4-2-6-3-5-1/h5-6H2,1-4H3;4-6H2/q+1;. The predicted molar refractivity (Wildman–Crippen MR) is 62.1 cm³/mol. The van der Waals surface area contributed by atoms with Crippen LogP contribution in [0.3, 0.4) is 0 Å². The Morgan fingerprint density at radius 3 is 1.38 bits per heavy atom. The Labute approximate surface area is 88.3 Å². The maximum Gasteiger partial charge on any atom is 0.286 e. The minimum absolute atomic E-state index is 0.493. The van der Waals surface area contributed by atoms with E-state index in [9.17, 15) is 0 Å². The van der Waals surface area contributed by atoms with Gasteiger partial charge >= 0.3 is 0 Å². The zero-order valence-electron chi connectivity index (χ0n) is 9.21. The summed E-state index contributed by atoms with van der Waals surface area (Å²) in [6.45, 7) is 3.49. The molecule has 0 amide bonds. The van der Waals surface area contributed by atoms with E-state index in [-0.39, 0.29) is 0 Å². The summed E-state index contributed by atoms with van der Waals surface area (Å²) in [5, 5.41) is 0. The van der Waals surface area contributed by atoms with Crippen molar-refractivity contribution in [2.45, 2.75) is 13.3 Å². The first kappa shape index (κ1) is 13.5. The molecule has 0 N–H and O–H groups in total. The second-order valence-electron chi connectivity index (χ2n) is 3.98. The quantitative estimate of drug-likeness (QED) is 0.419. The Hall–Kier alpha value is 0.491. The minimum Gasteiger partial charge on any atom is -0.425 e. The lowest BCUT2D eigenvalue weighted by molar-refractivity contribution is -0.870. The van der Waals surface area contributed by atoms with E-state index in [1.165, 1.54) is 13.0 Å². The third kappa shape index (κ3) is 12.5. The van der Waals surface area contributed by atoms with Crippen molar-refractivity contribution in [1.82, 2.24) is 0 Å². The predicted octanol–water partition coefficient (Wildman–Crippen LogP) is -1.85. The summed E-state index contributed by atoms with van der Waals surface area (Å²) in [7, 11) is 5.16. The minimum atomic E-state index is -0.493. The molecule has 0 atom stereocenters. The Morgan fingerprint density at radius 2 is 1.31 bits per heavy atom. The SMILES string of the molecule is CCC[N+](C)(C)C.O1[SiH2]O[SiH2]O[SiH2]1. The maximum absolute atomic E-state index is 4.94.